The zero-order valence-corrected chi connectivity index (χ0v) is 37.7. The van der Waals surface area contributed by atoms with Crippen LogP contribution in [-0.2, 0) is 34.2 Å². The van der Waals surface area contributed by atoms with Gasteiger partial charge < -0.3 is 56.0 Å². The van der Waals surface area contributed by atoms with Crippen molar-refractivity contribution >= 4 is 17.7 Å². The van der Waals surface area contributed by atoms with Crippen LogP contribution < -0.4 is 35.9 Å². The van der Waals surface area contributed by atoms with Crippen LogP contribution in [-0.4, -0.2) is 67.1 Å². The summed E-state index contributed by atoms with van der Waals surface area (Å²) in [4.78, 5) is 12.7. The second-order valence-corrected chi connectivity index (χ2v) is 18.5. The van der Waals surface area contributed by atoms with Crippen molar-refractivity contribution in [3.63, 3.8) is 0 Å². The Morgan fingerprint density at radius 1 is 1.06 bits per heavy atom. The number of carbonyl (C=O) groups is 1. The van der Waals surface area contributed by atoms with E-state index in [0.29, 0.717) is 30.1 Å². The maximum atomic E-state index is 12.7. The van der Waals surface area contributed by atoms with Gasteiger partial charge in [0.25, 0.3) is 0 Å². The number of dihydropyridines is 1. The number of phenols is 2. The standard InChI is InChI=1S/C54H58N4O8/c1-4-57-43-10-6-5-8-31(43)12-14-37-33-20-21-54(25-33)26-34-22-36(61)24-46(65-29-59)48(34)40-17-16-39-42(28-63-30(2)60)52(66-53(39)50(40)54)49-32(9-7-11-44-38(37)18-19-47(55)58-44)23-45(62)51-41(49)15-13-35(56-3)27-64-51/h5-6,8,10,13,15-19,22-24,33,35,37,42,47,52,56-59,61-62H,4,9,12,14,20-21,25-29,55H2,1-3H3/t33-,35+,37-,42-,47?,52-,54+/m0/s1. The van der Waals surface area contributed by atoms with Gasteiger partial charge in [-0.25, -0.2) is 0 Å². The fourth-order valence-corrected chi connectivity index (χ4v) is 11.9. The van der Waals surface area contributed by atoms with Crippen molar-refractivity contribution in [3.8, 4) is 51.7 Å². The molecule has 12 nitrogen and oxygen atoms in total. The molecule has 1 unspecified atom stereocenters. The maximum absolute atomic E-state index is 12.7. The Labute approximate surface area is 385 Å². The van der Waals surface area contributed by atoms with E-state index < -0.39 is 36.4 Å². The highest BCUT2D eigenvalue weighted by atomic mass is 16.6. The first-order valence-corrected chi connectivity index (χ1v) is 23.3. The number of fused-ring (bicyclic) bond motifs is 8. The Hall–Kier alpha value is -6.39. The minimum absolute atomic E-state index is 0.000362. The molecule has 1 spiro atoms. The topological polar surface area (TPSA) is 177 Å². The van der Waals surface area contributed by atoms with Crippen molar-refractivity contribution in [1.82, 2.24) is 10.6 Å². The molecule has 7 atom stereocenters. The number of anilines is 1. The number of para-hydroxylation sites is 1. The first-order valence-electron chi connectivity index (χ1n) is 23.3. The summed E-state index contributed by atoms with van der Waals surface area (Å²) in [6, 6.07) is 17.8. The number of likely N-dealkylation sites (N-methyl/N-ethyl adjacent to an activating group) is 1. The number of aliphatic hydroxyl groups excluding tert-OH is 1. The van der Waals surface area contributed by atoms with E-state index in [0.717, 1.165) is 100 Å². The Morgan fingerprint density at radius 3 is 2.74 bits per heavy atom. The third kappa shape index (κ3) is 7.72. The summed E-state index contributed by atoms with van der Waals surface area (Å²) in [5.74, 6) is 8.08. The van der Waals surface area contributed by atoms with Gasteiger partial charge in [0.1, 0.15) is 36.6 Å². The molecular formula is C54H58N4O8. The summed E-state index contributed by atoms with van der Waals surface area (Å²) in [6.07, 6.45) is 12.3. The minimum Gasteiger partial charge on any atom is -0.508 e. The molecule has 12 heteroatoms. The van der Waals surface area contributed by atoms with Gasteiger partial charge >= 0.3 is 5.97 Å². The summed E-state index contributed by atoms with van der Waals surface area (Å²) in [6.45, 7) is 4.15. The molecule has 0 amide bonds. The number of phenolic OH excluding ortho intramolecular Hbond substituents is 2. The number of hydrogen-bond acceptors (Lipinski definition) is 12. The van der Waals surface area contributed by atoms with Gasteiger partial charge in [-0.3, -0.25) is 4.79 Å². The number of nitrogens with one attached hydrogen (secondary N) is 3. The smallest absolute Gasteiger partial charge is 0.302 e. The van der Waals surface area contributed by atoms with Gasteiger partial charge in [0, 0.05) is 64.9 Å². The molecule has 66 heavy (non-hydrogen) atoms. The lowest BCUT2D eigenvalue weighted by atomic mass is 9.64. The summed E-state index contributed by atoms with van der Waals surface area (Å²) < 4.78 is 25.7. The lowest BCUT2D eigenvalue weighted by Gasteiger charge is -2.40. The summed E-state index contributed by atoms with van der Waals surface area (Å²) in [5.41, 5.74) is 17.4. The molecule has 0 radical (unpaired) electrons. The van der Waals surface area contributed by atoms with E-state index in [-0.39, 0.29) is 42.4 Å². The lowest BCUT2D eigenvalue weighted by Crippen LogP contribution is -2.38. The third-order valence-electron chi connectivity index (χ3n) is 14.7. The Kier molecular flexibility index (Phi) is 11.7. The van der Waals surface area contributed by atoms with Crippen LogP contribution >= 0.6 is 0 Å². The molecule has 6 aliphatic rings. The van der Waals surface area contributed by atoms with Gasteiger partial charge in [-0.05, 0) is 122 Å². The molecule has 342 valence electrons. The van der Waals surface area contributed by atoms with Crippen LogP contribution in [0.15, 0.2) is 84.1 Å². The van der Waals surface area contributed by atoms with Crippen LogP contribution in [0.1, 0.15) is 90.5 Å². The molecule has 4 aliphatic heterocycles. The molecule has 10 rings (SSSR count). The maximum Gasteiger partial charge on any atom is 0.302 e. The predicted octanol–water partition coefficient (Wildman–Crippen LogP) is 7.40. The molecule has 4 aromatic rings. The number of hydrogen-bond donors (Lipinski definition) is 7. The first kappa shape index (κ1) is 43.5. The van der Waals surface area contributed by atoms with E-state index in [1.54, 1.807) is 12.1 Å². The van der Waals surface area contributed by atoms with E-state index in [2.05, 4.69) is 77.2 Å². The second-order valence-electron chi connectivity index (χ2n) is 18.5. The fraction of sp³-hybridized carbons (Fsp3) is 0.389. The van der Waals surface area contributed by atoms with Crippen LogP contribution in [0.4, 0.5) is 5.69 Å². The summed E-state index contributed by atoms with van der Waals surface area (Å²) in [5, 5.41) is 43.4. The van der Waals surface area contributed by atoms with Gasteiger partial charge in [0.05, 0.1) is 23.8 Å². The molecular weight excluding hydrogens is 833 g/mol. The molecule has 2 aliphatic carbocycles. The zero-order chi connectivity index (χ0) is 45.7. The number of allylic oxidation sites excluding steroid dienone is 3. The van der Waals surface area contributed by atoms with Crippen LogP contribution in [0.3, 0.4) is 0 Å². The molecule has 1 saturated carbocycles. The largest absolute Gasteiger partial charge is 0.508 e. The van der Waals surface area contributed by atoms with Crippen molar-refractivity contribution in [2.45, 2.75) is 88.4 Å². The fourth-order valence-electron chi connectivity index (χ4n) is 11.9. The summed E-state index contributed by atoms with van der Waals surface area (Å²) >= 11 is 0. The van der Waals surface area contributed by atoms with E-state index in [4.69, 9.17) is 24.7 Å². The number of benzene rings is 4. The van der Waals surface area contributed by atoms with E-state index >= 15 is 0 Å². The Bertz CT molecular complexity index is 2750. The van der Waals surface area contributed by atoms with Crippen LogP contribution in [0.2, 0.25) is 0 Å². The van der Waals surface area contributed by atoms with Crippen molar-refractivity contribution in [1.29, 1.82) is 0 Å². The van der Waals surface area contributed by atoms with Gasteiger partial charge in [-0.15, -0.1) is 0 Å². The Morgan fingerprint density at radius 2 is 1.92 bits per heavy atom. The SMILES string of the molecule is CCNc1ccccc1CC[C@@H]1C2=C(C#CCc3cc(O)c4c(c3[C@H]3Oc5c(ccc6c5[C@@]5(CC[C@H]1C5)Cc1cc(O)cc(OCO)c1-6)[C@@H]3COC(C)=O)C=C[C@@H](NC)CO4)NC(N)C=C2. The average molecular weight is 891 g/mol. The van der Waals surface area contributed by atoms with Gasteiger partial charge in [0.2, 0.25) is 0 Å². The van der Waals surface area contributed by atoms with Crippen molar-refractivity contribution < 1.29 is 39.1 Å². The number of ether oxygens (including phenoxy) is 4. The van der Waals surface area contributed by atoms with E-state index in [9.17, 15) is 20.1 Å². The highest BCUT2D eigenvalue weighted by Gasteiger charge is 2.52. The number of aromatic hydroxyl groups is 2. The van der Waals surface area contributed by atoms with Crippen molar-refractivity contribution in [2.24, 2.45) is 17.6 Å². The average Bonchev–Trinajstić information content (AvgIpc) is 3.80. The van der Waals surface area contributed by atoms with Crippen LogP contribution in [0, 0.1) is 23.7 Å². The Balaban J connectivity index is 1.23. The third-order valence-corrected chi connectivity index (χ3v) is 14.7. The zero-order valence-electron chi connectivity index (χ0n) is 37.7. The van der Waals surface area contributed by atoms with Gasteiger partial charge in [0.15, 0.2) is 18.3 Å². The number of carbonyl (C=O) groups excluding carboxylic acids is 1. The van der Waals surface area contributed by atoms with Gasteiger partial charge in [-0.1, -0.05) is 54.5 Å². The molecule has 0 saturated heterocycles. The molecule has 4 bridgehead atoms. The quantitative estimate of drug-likeness (QED) is 0.0478. The number of nitrogens with two attached hydrogens (primary N) is 1. The van der Waals surface area contributed by atoms with Crippen molar-refractivity contribution in [3.05, 3.63) is 123 Å². The number of rotatable bonds is 10. The number of esters is 1. The second kappa shape index (κ2) is 17.8. The van der Waals surface area contributed by atoms with Crippen LogP contribution in [0.5, 0.6) is 28.7 Å². The molecule has 0 aromatic heterocycles. The predicted molar refractivity (Wildman–Crippen MR) is 253 cm³/mol. The van der Waals surface area contributed by atoms with Crippen LogP contribution in [0.25, 0.3) is 17.2 Å². The normalized spacial score (nSPS) is 25.2. The first-order chi connectivity index (χ1) is 32.1. The minimum atomic E-state index is -0.673. The van der Waals surface area contributed by atoms with E-state index in [1.807, 2.05) is 31.3 Å². The highest BCUT2D eigenvalue weighted by Crippen LogP contribution is 2.64. The molecule has 4 heterocycles. The number of aryl methyl sites for hydroxylation is 1. The molecule has 8 N–H and O–H groups in total. The lowest BCUT2D eigenvalue weighted by molar-refractivity contribution is -0.141. The molecule has 1 fully saturated rings. The molecule has 4 aromatic carbocycles. The summed E-state index contributed by atoms with van der Waals surface area (Å²) in [7, 11) is 1.87. The number of aliphatic hydroxyl groups is 1. The van der Waals surface area contributed by atoms with Gasteiger partial charge in [-0.2, -0.15) is 0 Å². The van der Waals surface area contributed by atoms with Crippen molar-refractivity contribution in [2.75, 3.05) is 38.9 Å². The highest BCUT2D eigenvalue weighted by molar-refractivity contribution is 5.84. The monoisotopic (exact) mass is 890 g/mol. The van der Waals surface area contributed by atoms with E-state index in [1.165, 1.54) is 12.5 Å².